The Morgan fingerprint density at radius 1 is 1.29 bits per heavy atom. The highest BCUT2D eigenvalue weighted by atomic mass is 16.5. The van der Waals surface area contributed by atoms with E-state index in [9.17, 15) is 9.59 Å². The minimum Gasteiger partial charge on any atom is -0.385 e. The molecule has 0 atom stereocenters. The summed E-state index contributed by atoms with van der Waals surface area (Å²) in [5, 5.41) is 2.79. The molecule has 2 amide bonds. The zero-order chi connectivity index (χ0) is 15.7. The second-order valence-corrected chi connectivity index (χ2v) is 5.84. The number of hydrogen-bond donors (Lipinski definition) is 2. The molecule has 0 aromatic rings. The van der Waals surface area contributed by atoms with Crippen LogP contribution in [0.15, 0.2) is 0 Å². The summed E-state index contributed by atoms with van der Waals surface area (Å²) in [5.41, 5.74) is 5.66. The first kappa shape index (κ1) is 17.9. The molecule has 0 bridgehead atoms. The lowest BCUT2D eigenvalue weighted by Crippen LogP contribution is -2.42. The number of likely N-dealkylation sites (N-methyl/N-ethyl adjacent to an activating group) is 1. The molecule has 1 rings (SSSR count). The Balaban J connectivity index is 2.26. The molecule has 21 heavy (non-hydrogen) atoms. The van der Waals surface area contributed by atoms with Crippen LogP contribution in [-0.4, -0.2) is 57.1 Å². The Morgan fingerprint density at radius 3 is 2.52 bits per heavy atom. The fourth-order valence-corrected chi connectivity index (χ4v) is 2.75. The topological polar surface area (TPSA) is 84.7 Å². The third-order valence-corrected chi connectivity index (χ3v) is 4.13. The SMILES string of the molecule is COCCCNC(=O)CN(C)C(=O)C1CCC(CN)CC1. The Kier molecular flexibility index (Phi) is 8.30. The molecular formula is C15H29N3O3. The summed E-state index contributed by atoms with van der Waals surface area (Å²) in [4.78, 5) is 25.6. The van der Waals surface area contributed by atoms with Crippen molar-refractivity contribution in [2.45, 2.75) is 32.1 Å². The first-order chi connectivity index (χ1) is 10.1. The fraction of sp³-hybridized carbons (Fsp3) is 0.867. The van der Waals surface area contributed by atoms with E-state index >= 15 is 0 Å². The number of nitrogens with zero attached hydrogens (tertiary/aromatic N) is 1. The van der Waals surface area contributed by atoms with Crippen molar-refractivity contribution in [1.29, 1.82) is 0 Å². The van der Waals surface area contributed by atoms with Crippen LogP contribution in [0.3, 0.4) is 0 Å². The summed E-state index contributed by atoms with van der Waals surface area (Å²) in [7, 11) is 3.33. The zero-order valence-corrected chi connectivity index (χ0v) is 13.3. The van der Waals surface area contributed by atoms with E-state index in [1.54, 1.807) is 19.1 Å². The number of rotatable bonds is 8. The molecule has 122 valence electrons. The monoisotopic (exact) mass is 299 g/mol. The van der Waals surface area contributed by atoms with Gasteiger partial charge in [0.2, 0.25) is 11.8 Å². The first-order valence-electron chi connectivity index (χ1n) is 7.79. The van der Waals surface area contributed by atoms with Crippen LogP contribution in [0.5, 0.6) is 0 Å². The fourth-order valence-electron chi connectivity index (χ4n) is 2.75. The molecule has 1 aliphatic rings. The highest BCUT2D eigenvalue weighted by Crippen LogP contribution is 2.29. The lowest BCUT2D eigenvalue weighted by molar-refractivity contribution is -0.139. The average molecular weight is 299 g/mol. The number of carbonyl (C=O) groups is 2. The van der Waals surface area contributed by atoms with E-state index in [-0.39, 0.29) is 24.3 Å². The second kappa shape index (κ2) is 9.73. The molecule has 1 fully saturated rings. The molecule has 0 aromatic heterocycles. The third kappa shape index (κ3) is 6.44. The first-order valence-corrected chi connectivity index (χ1v) is 7.79. The van der Waals surface area contributed by atoms with Crippen molar-refractivity contribution in [3.8, 4) is 0 Å². The summed E-state index contributed by atoms with van der Waals surface area (Å²) in [5.74, 6) is 0.581. The number of nitrogens with one attached hydrogen (secondary N) is 1. The van der Waals surface area contributed by atoms with Crippen molar-refractivity contribution in [1.82, 2.24) is 10.2 Å². The van der Waals surface area contributed by atoms with Gasteiger partial charge in [-0.15, -0.1) is 0 Å². The van der Waals surface area contributed by atoms with Gasteiger partial charge < -0.3 is 20.7 Å². The van der Waals surface area contributed by atoms with Crippen molar-refractivity contribution in [3.63, 3.8) is 0 Å². The summed E-state index contributed by atoms with van der Waals surface area (Å²) >= 11 is 0. The van der Waals surface area contributed by atoms with E-state index < -0.39 is 0 Å². The van der Waals surface area contributed by atoms with Gasteiger partial charge in [-0.1, -0.05) is 0 Å². The van der Waals surface area contributed by atoms with Gasteiger partial charge in [0.1, 0.15) is 0 Å². The minimum absolute atomic E-state index is 0.0547. The predicted molar refractivity (Wildman–Crippen MR) is 81.6 cm³/mol. The largest absolute Gasteiger partial charge is 0.385 e. The average Bonchev–Trinajstić information content (AvgIpc) is 2.51. The smallest absolute Gasteiger partial charge is 0.239 e. The van der Waals surface area contributed by atoms with E-state index in [2.05, 4.69) is 5.32 Å². The number of hydrogen-bond acceptors (Lipinski definition) is 4. The van der Waals surface area contributed by atoms with Crippen molar-refractivity contribution in [3.05, 3.63) is 0 Å². The Bertz CT molecular complexity index is 328. The van der Waals surface area contributed by atoms with Crippen molar-refractivity contribution in [2.75, 3.05) is 40.4 Å². The van der Waals surface area contributed by atoms with Crippen LogP contribution in [0.4, 0.5) is 0 Å². The molecule has 6 heteroatoms. The summed E-state index contributed by atoms with van der Waals surface area (Å²) in [6.45, 7) is 2.04. The molecule has 0 aliphatic heterocycles. The molecular weight excluding hydrogens is 270 g/mol. The highest BCUT2D eigenvalue weighted by molar-refractivity contribution is 5.85. The van der Waals surface area contributed by atoms with E-state index in [0.717, 1.165) is 32.1 Å². The minimum atomic E-state index is -0.113. The summed E-state index contributed by atoms with van der Waals surface area (Å²) in [6.07, 6.45) is 4.60. The quantitative estimate of drug-likeness (QED) is 0.634. The van der Waals surface area contributed by atoms with E-state index in [1.165, 1.54) is 0 Å². The van der Waals surface area contributed by atoms with E-state index in [1.807, 2.05) is 0 Å². The molecule has 0 spiro atoms. The number of methoxy groups -OCH3 is 1. The Labute approximate surface area is 127 Å². The van der Waals surface area contributed by atoms with Gasteiger partial charge in [0.25, 0.3) is 0 Å². The van der Waals surface area contributed by atoms with Crippen LogP contribution < -0.4 is 11.1 Å². The molecule has 3 N–H and O–H groups in total. The number of amides is 2. The maximum Gasteiger partial charge on any atom is 0.239 e. The zero-order valence-electron chi connectivity index (χ0n) is 13.3. The van der Waals surface area contributed by atoms with Crippen LogP contribution in [0, 0.1) is 11.8 Å². The van der Waals surface area contributed by atoms with E-state index in [4.69, 9.17) is 10.5 Å². The second-order valence-electron chi connectivity index (χ2n) is 5.84. The normalized spacial score (nSPS) is 21.9. The van der Waals surface area contributed by atoms with Crippen LogP contribution in [-0.2, 0) is 14.3 Å². The standard InChI is InChI=1S/C15H29N3O3/c1-18(11-14(19)17-8-3-9-21-2)15(20)13-6-4-12(10-16)5-7-13/h12-13H,3-11,16H2,1-2H3,(H,17,19). The molecule has 0 radical (unpaired) electrons. The maximum atomic E-state index is 12.3. The van der Waals surface area contributed by atoms with Gasteiger partial charge in [0.15, 0.2) is 0 Å². The van der Waals surface area contributed by atoms with Crippen molar-refractivity contribution < 1.29 is 14.3 Å². The van der Waals surface area contributed by atoms with Gasteiger partial charge >= 0.3 is 0 Å². The summed E-state index contributed by atoms with van der Waals surface area (Å²) < 4.78 is 4.92. The Morgan fingerprint density at radius 2 is 1.95 bits per heavy atom. The summed E-state index contributed by atoms with van der Waals surface area (Å²) in [6, 6.07) is 0. The van der Waals surface area contributed by atoms with Crippen molar-refractivity contribution >= 4 is 11.8 Å². The lowest BCUT2D eigenvalue weighted by Gasteiger charge is -2.29. The molecule has 6 nitrogen and oxygen atoms in total. The number of carbonyl (C=O) groups excluding carboxylic acids is 2. The van der Waals surface area contributed by atoms with Gasteiger partial charge in [0, 0.05) is 33.2 Å². The number of ether oxygens (including phenoxy) is 1. The third-order valence-electron chi connectivity index (χ3n) is 4.13. The van der Waals surface area contributed by atoms with Crippen molar-refractivity contribution in [2.24, 2.45) is 17.6 Å². The lowest BCUT2D eigenvalue weighted by atomic mass is 9.81. The molecule has 1 saturated carbocycles. The molecule has 1 aliphatic carbocycles. The van der Waals surface area contributed by atoms with Crippen LogP contribution in [0.2, 0.25) is 0 Å². The van der Waals surface area contributed by atoms with Gasteiger partial charge in [-0.05, 0) is 44.6 Å². The molecule has 0 aromatic carbocycles. The Hall–Kier alpha value is -1.14. The van der Waals surface area contributed by atoms with Crippen LogP contribution in [0.1, 0.15) is 32.1 Å². The van der Waals surface area contributed by atoms with Crippen LogP contribution in [0.25, 0.3) is 0 Å². The van der Waals surface area contributed by atoms with Crippen LogP contribution >= 0.6 is 0 Å². The number of nitrogens with two attached hydrogens (primary N) is 1. The molecule has 0 heterocycles. The van der Waals surface area contributed by atoms with Gasteiger partial charge in [-0.3, -0.25) is 9.59 Å². The maximum absolute atomic E-state index is 12.3. The predicted octanol–water partition coefficient (Wildman–Crippen LogP) is 0.363. The molecule has 0 saturated heterocycles. The van der Waals surface area contributed by atoms with E-state index in [0.29, 0.717) is 25.6 Å². The van der Waals surface area contributed by atoms with Gasteiger partial charge in [0.05, 0.1) is 6.54 Å². The van der Waals surface area contributed by atoms with Gasteiger partial charge in [-0.25, -0.2) is 0 Å². The molecule has 0 unspecified atom stereocenters. The van der Waals surface area contributed by atoms with Gasteiger partial charge in [-0.2, -0.15) is 0 Å². The highest BCUT2D eigenvalue weighted by Gasteiger charge is 2.28.